The first-order chi connectivity index (χ1) is 11.6. The lowest BCUT2D eigenvalue weighted by molar-refractivity contribution is -0.115. The van der Waals surface area contributed by atoms with Crippen molar-refractivity contribution < 1.29 is 19.0 Å². The van der Waals surface area contributed by atoms with Gasteiger partial charge in [0.2, 0.25) is 12.8 Å². The van der Waals surface area contributed by atoms with Crippen LogP contribution in [0.1, 0.15) is 19.4 Å². The van der Waals surface area contributed by atoms with Gasteiger partial charge in [0.25, 0.3) is 5.91 Å². The molecule has 24 heavy (non-hydrogen) atoms. The van der Waals surface area contributed by atoms with E-state index in [9.17, 15) is 4.79 Å². The topological polar surface area (TPSA) is 72.4 Å². The van der Waals surface area contributed by atoms with E-state index in [2.05, 4.69) is 15.2 Å². The number of aliphatic imine (C=N–C) groups is 1. The van der Waals surface area contributed by atoms with Crippen molar-refractivity contribution in [1.29, 1.82) is 0 Å². The molecule has 3 aliphatic heterocycles. The Bertz CT molecular complexity index is 733. The third-order valence-electron chi connectivity index (χ3n) is 4.10. The fourth-order valence-corrected chi connectivity index (χ4v) is 3.12. The number of rotatable bonds is 1. The van der Waals surface area contributed by atoms with Crippen LogP contribution in [0.5, 0.6) is 11.5 Å². The number of benzene rings is 1. The van der Waals surface area contributed by atoms with Crippen LogP contribution < -0.4 is 14.8 Å². The van der Waals surface area contributed by atoms with Crippen molar-refractivity contribution >= 4 is 17.9 Å². The molecule has 1 fully saturated rings. The summed E-state index contributed by atoms with van der Waals surface area (Å²) in [7, 11) is 0. The van der Waals surface area contributed by atoms with E-state index in [1.165, 1.54) is 0 Å². The molecule has 1 amide bonds. The van der Waals surface area contributed by atoms with Gasteiger partial charge in [0.05, 0.1) is 12.2 Å². The number of carbonyl (C=O) groups excluding carboxylic acids is 1. The summed E-state index contributed by atoms with van der Waals surface area (Å²) in [5, 5.41) is 2.84. The Hall–Kier alpha value is -2.54. The highest BCUT2D eigenvalue weighted by Crippen LogP contribution is 2.33. The van der Waals surface area contributed by atoms with Gasteiger partial charge >= 0.3 is 0 Å². The predicted octanol–water partition coefficient (Wildman–Crippen LogP) is 1.35. The van der Waals surface area contributed by atoms with Crippen LogP contribution in [-0.4, -0.2) is 48.9 Å². The minimum Gasteiger partial charge on any atom is -0.454 e. The Morgan fingerprint density at radius 2 is 1.96 bits per heavy atom. The first-order valence-corrected chi connectivity index (χ1v) is 8.00. The largest absolute Gasteiger partial charge is 0.454 e. The average molecular weight is 329 g/mol. The van der Waals surface area contributed by atoms with Crippen LogP contribution in [0.2, 0.25) is 0 Å². The molecule has 0 aliphatic carbocycles. The second-order valence-electron chi connectivity index (χ2n) is 6.19. The number of guanidine groups is 1. The van der Waals surface area contributed by atoms with Crippen molar-refractivity contribution in [2.45, 2.75) is 26.1 Å². The molecule has 3 heterocycles. The van der Waals surface area contributed by atoms with E-state index in [1.54, 1.807) is 6.08 Å². The second kappa shape index (κ2) is 5.83. The first-order valence-electron chi connectivity index (χ1n) is 8.00. The molecular formula is C17H19N3O4. The number of nitrogens with one attached hydrogen (secondary N) is 1. The van der Waals surface area contributed by atoms with E-state index in [-0.39, 0.29) is 24.9 Å². The SMILES string of the molecule is C[C@H]1CN(C2=N/C(=C/c3ccc4c(c3)OCO4)C(=O)N2)C[C@H](C)O1. The Morgan fingerprint density at radius 1 is 1.21 bits per heavy atom. The maximum absolute atomic E-state index is 12.2. The van der Waals surface area contributed by atoms with Crippen LogP contribution in [0.3, 0.4) is 0 Å². The zero-order chi connectivity index (χ0) is 16.7. The molecule has 0 spiro atoms. The quantitative estimate of drug-likeness (QED) is 0.788. The van der Waals surface area contributed by atoms with Gasteiger partial charge in [-0.15, -0.1) is 0 Å². The Balaban J connectivity index is 1.57. The average Bonchev–Trinajstić information content (AvgIpc) is 3.13. The summed E-state index contributed by atoms with van der Waals surface area (Å²) >= 11 is 0. The maximum atomic E-state index is 12.2. The van der Waals surface area contributed by atoms with Gasteiger partial charge in [-0.3, -0.25) is 10.1 Å². The number of fused-ring (bicyclic) bond motifs is 1. The number of amides is 1. The van der Waals surface area contributed by atoms with Gasteiger partial charge in [-0.1, -0.05) is 6.07 Å². The number of ether oxygens (including phenoxy) is 3. The zero-order valence-electron chi connectivity index (χ0n) is 13.6. The molecule has 4 rings (SSSR count). The van der Waals surface area contributed by atoms with E-state index >= 15 is 0 Å². The molecular weight excluding hydrogens is 310 g/mol. The summed E-state index contributed by atoms with van der Waals surface area (Å²) in [6.07, 6.45) is 1.96. The van der Waals surface area contributed by atoms with Crippen LogP contribution >= 0.6 is 0 Å². The Morgan fingerprint density at radius 3 is 2.75 bits per heavy atom. The summed E-state index contributed by atoms with van der Waals surface area (Å²) in [4.78, 5) is 18.7. The maximum Gasteiger partial charge on any atom is 0.276 e. The monoisotopic (exact) mass is 329 g/mol. The lowest BCUT2D eigenvalue weighted by Crippen LogP contribution is -2.51. The van der Waals surface area contributed by atoms with Crippen LogP contribution in [0.4, 0.5) is 0 Å². The summed E-state index contributed by atoms with van der Waals surface area (Å²) in [5.41, 5.74) is 1.23. The van der Waals surface area contributed by atoms with Gasteiger partial charge in [-0.25, -0.2) is 4.99 Å². The minimum absolute atomic E-state index is 0.107. The van der Waals surface area contributed by atoms with Crippen molar-refractivity contribution in [3.63, 3.8) is 0 Å². The molecule has 0 radical (unpaired) electrons. The number of hydrogen-bond acceptors (Lipinski definition) is 6. The number of hydrogen-bond donors (Lipinski definition) is 1. The summed E-state index contributed by atoms with van der Waals surface area (Å²) < 4.78 is 16.4. The number of carbonyl (C=O) groups is 1. The predicted molar refractivity (Wildman–Crippen MR) is 87.7 cm³/mol. The number of morpholine rings is 1. The summed E-state index contributed by atoms with van der Waals surface area (Å²) in [5.74, 6) is 1.79. The summed E-state index contributed by atoms with van der Waals surface area (Å²) in [6.45, 7) is 5.68. The molecule has 7 nitrogen and oxygen atoms in total. The molecule has 1 saturated heterocycles. The van der Waals surface area contributed by atoms with E-state index in [0.717, 1.165) is 5.56 Å². The van der Waals surface area contributed by atoms with Gasteiger partial charge in [0.15, 0.2) is 11.5 Å². The van der Waals surface area contributed by atoms with Crippen molar-refractivity contribution in [2.75, 3.05) is 19.9 Å². The van der Waals surface area contributed by atoms with Crippen molar-refractivity contribution in [3.8, 4) is 11.5 Å². The third kappa shape index (κ3) is 2.82. The molecule has 1 N–H and O–H groups in total. The molecule has 7 heteroatoms. The highest BCUT2D eigenvalue weighted by Gasteiger charge is 2.30. The van der Waals surface area contributed by atoms with Crippen LogP contribution in [0.15, 0.2) is 28.9 Å². The third-order valence-corrected chi connectivity index (χ3v) is 4.10. The van der Waals surface area contributed by atoms with Gasteiger partial charge in [-0.05, 0) is 37.6 Å². The fraction of sp³-hybridized carbons (Fsp3) is 0.412. The van der Waals surface area contributed by atoms with Gasteiger partial charge in [-0.2, -0.15) is 0 Å². The molecule has 1 aromatic carbocycles. The van der Waals surface area contributed by atoms with Crippen LogP contribution in [0.25, 0.3) is 6.08 Å². The molecule has 126 valence electrons. The molecule has 1 aromatic rings. The van der Waals surface area contributed by atoms with Crippen LogP contribution in [0, 0.1) is 0 Å². The molecule has 0 saturated carbocycles. The van der Waals surface area contributed by atoms with Crippen LogP contribution in [-0.2, 0) is 9.53 Å². The zero-order valence-corrected chi connectivity index (χ0v) is 13.6. The molecule has 0 aromatic heterocycles. The molecule has 2 atom stereocenters. The summed E-state index contributed by atoms with van der Waals surface area (Å²) in [6, 6.07) is 5.55. The second-order valence-corrected chi connectivity index (χ2v) is 6.19. The van der Waals surface area contributed by atoms with Crippen molar-refractivity contribution in [1.82, 2.24) is 10.2 Å². The molecule has 0 unspecified atom stereocenters. The van der Waals surface area contributed by atoms with E-state index in [0.29, 0.717) is 36.2 Å². The minimum atomic E-state index is -0.200. The van der Waals surface area contributed by atoms with Gasteiger partial charge < -0.3 is 19.1 Å². The molecule has 3 aliphatic rings. The van der Waals surface area contributed by atoms with Crippen molar-refractivity contribution in [3.05, 3.63) is 29.5 Å². The lowest BCUT2D eigenvalue weighted by Gasteiger charge is -2.35. The Kier molecular flexibility index (Phi) is 3.65. The van der Waals surface area contributed by atoms with E-state index in [4.69, 9.17) is 14.2 Å². The Labute approximate surface area is 139 Å². The highest BCUT2D eigenvalue weighted by atomic mass is 16.7. The van der Waals surface area contributed by atoms with Gasteiger partial charge in [0, 0.05) is 13.1 Å². The smallest absolute Gasteiger partial charge is 0.276 e. The standard InChI is InChI=1S/C17H19N3O4/c1-10-7-20(8-11(2)24-10)17-18-13(16(21)19-17)5-12-3-4-14-15(6-12)23-9-22-14/h3-6,10-11H,7-9H2,1-2H3,(H,18,19,21)/b13-5+/t10-,11-/m0/s1. The molecule has 0 bridgehead atoms. The normalized spacial score (nSPS) is 27.4. The van der Waals surface area contributed by atoms with E-state index < -0.39 is 0 Å². The fourth-order valence-electron chi connectivity index (χ4n) is 3.12. The lowest BCUT2D eigenvalue weighted by atomic mass is 10.1. The van der Waals surface area contributed by atoms with Crippen molar-refractivity contribution in [2.24, 2.45) is 4.99 Å². The van der Waals surface area contributed by atoms with Gasteiger partial charge in [0.1, 0.15) is 5.70 Å². The first kappa shape index (κ1) is 15.0. The van der Waals surface area contributed by atoms with E-state index in [1.807, 2.05) is 32.0 Å². The highest BCUT2D eigenvalue weighted by molar-refractivity contribution is 6.13. The number of nitrogens with zero attached hydrogens (tertiary/aromatic N) is 2.